The Bertz CT molecular complexity index is 705. The third kappa shape index (κ3) is 4.38. The van der Waals surface area contributed by atoms with Crippen molar-refractivity contribution in [2.24, 2.45) is 5.92 Å². The summed E-state index contributed by atoms with van der Waals surface area (Å²) in [6.45, 7) is 4.65. The third-order valence-corrected chi connectivity index (χ3v) is 4.40. The predicted molar refractivity (Wildman–Crippen MR) is 96.9 cm³/mol. The van der Waals surface area contributed by atoms with E-state index in [2.05, 4.69) is 29.2 Å². The normalized spacial score (nSPS) is 15.3. The van der Waals surface area contributed by atoms with Crippen molar-refractivity contribution in [1.82, 2.24) is 14.8 Å². The molecule has 3 rings (SSSR count). The average molecular weight is 342 g/mol. The van der Waals surface area contributed by atoms with Gasteiger partial charge in [0.05, 0.1) is 18.8 Å². The van der Waals surface area contributed by atoms with Gasteiger partial charge in [-0.05, 0) is 30.9 Å². The van der Waals surface area contributed by atoms with Crippen molar-refractivity contribution >= 4 is 11.7 Å². The topological polar surface area (TPSA) is 69.0 Å². The second-order valence-electron chi connectivity index (χ2n) is 6.97. The summed E-state index contributed by atoms with van der Waals surface area (Å²) in [5.41, 5.74) is 0.444. The molecule has 0 atom stereocenters. The molecule has 134 valence electrons. The number of hydrogen-bond donors (Lipinski definition) is 1. The van der Waals surface area contributed by atoms with E-state index in [-0.39, 0.29) is 5.91 Å². The summed E-state index contributed by atoms with van der Waals surface area (Å²) in [4.78, 5) is 16.9. The Kier molecular flexibility index (Phi) is 5.68. The van der Waals surface area contributed by atoms with Crippen molar-refractivity contribution in [2.75, 3.05) is 11.9 Å². The summed E-state index contributed by atoms with van der Waals surface area (Å²) < 4.78 is 7.64. The molecule has 0 spiro atoms. The zero-order valence-electron chi connectivity index (χ0n) is 14.9. The van der Waals surface area contributed by atoms with Crippen LogP contribution in [0.25, 0.3) is 0 Å². The number of anilines is 1. The first-order chi connectivity index (χ1) is 12.1. The third-order valence-electron chi connectivity index (χ3n) is 4.40. The Morgan fingerprint density at radius 1 is 1.28 bits per heavy atom. The molecule has 1 amide bonds. The fourth-order valence-electron chi connectivity index (χ4n) is 3.14. The molecule has 1 N–H and O–H groups in total. The molecule has 1 aliphatic carbocycles. The molecule has 0 unspecified atom stereocenters. The number of rotatable bonds is 6. The van der Waals surface area contributed by atoms with Crippen LogP contribution in [0.1, 0.15) is 62.4 Å². The van der Waals surface area contributed by atoms with Crippen molar-refractivity contribution in [3.05, 3.63) is 36.2 Å². The van der Waals surface area contributed by atoms with E-state index in [1.165, 1.54) is 19.3 Å². The molecule has 1 fully saturated rings. The van der Waals surface area contributed by atoms with Crippen LogP contribution in [0.3, 0.4) is 0 Å². The largest absolute Gasteiger partial charge is 0.477 e. The van der Waals surface area contributed by atoms with Gasteiger partial charge in [-0.25, -0.2) is 9.67 Å². The number of pyridine rings is 1. The second kappa shape index (κ2) is 8.14. The fourth-order valence-corrected chi connectivity index (χ4v) is 3.14. The Labute approximate surface area is 148 Å². The summed E-state index contributed by atoms with van der Waals surface area (Å²) in [5.74, 6) is 1.25. The summed E-state index contributed by atoms with van der Waals surface area (Å²) in [5, 5.41) is 7.40. The standard InChI is InChI=1S/C19H26N4O2/c1-14(2)13-25-19-16(9-6-11-20-19)18(24)22-17-10-12-21-23(17)15-7-4-3-5-8-15/h6,9-12,14-15H,3-5,7-8,13H2,1-2H3,(H,22,24). The number of nitrogens with one attached hydrogen (secondary N) is 1. The van der Waals surface area contributed by atoms with Gasteiger partial charge < -0.3 is 10.1 Å². The number of amides is 1. The van der Waals surface area contributed by atoms with Crippen molar-refractivity contribution in [3.63, 3.8) is 0 Å². The van der Waals surface area contributed by atoms with Gasteiger partial charge in [0.25, 0.3) is 5.91 Å². The molecular weight excluding hydrogens is 316 g/mol. The number of carbonyl (C=O) groups is 1. The predicted octanol–water partition coefficient (Wildman–Crippen LogP) is 4.07. The molecule has 0 aliphatic heterocycles. The minimum atomic E-state index is -0.218. The number of aromatic nitrogens is 3. The molecule has 1 saturated carbocycles. The van der Waals surface area contributed by atoms with Crippen molar-refractivity contribution < 1.29 is 9.53 Å². The monoisotopic (exact) mass is 342 g/mol. The fraction of sp³-hybridized carbons (Fsp3) is 0.526. The summed E-state index contributed by atoms with van der Waals surface area (Å²) in [6.07, 6.45) is 9.32. The highest BCUT2D eigenvalue weighted by atomic mass is 16.5. The quantitative estimate of drug-likeness (QED) is 0.859. The molecule has 0 radical (unpaired) electrons. The number of hydrogen-bond acceptors (Lipinski definition) is 4. The molecule has 25 heavy (non-hydrogen) atoms. The lowest BCUT2D eigenvalue weighted by molar-refractivity contribution is 0.101. The van der Waals surface area contributed by atoms with Gasteiger partial charge >= 0.3 is 0 Å². The van der Waals surface area contributed by atoms with Crippen LogP contribution in [0.15, 0.2) is 30.6 Å². The first-order valence-electron chi connectivity index (χ1n) is 9.08. The van der Waals surface area contributed by atoms with Gasteiger partial charge in [0, 0.05) is 12.3 Å². The highest BCUT2D eigenvalue weighted by molar-refractivity contribution is 6.05. The van der Waals surface area contributed by atoms with E-state index in [1.807, 2.05) is 10.7 Å². The number of carbonyl (C=O) groups excluding carboxylic acids is 1. The van der Waals surface area contributed by atoms with E-state index in [9.17, 15) is 4.79 Å². The van der Waals surface area contributed by atoms with E-state index in [0.717, 1.165) is 18.7 Å². The maximum Gasteiger partial charge on any atom is 0.262 e. The van der Waals surface area contributed by atoms with Gasteiger partial charge in [0.1, 0.15) is 11.4 Å². The summed E-state index contributed by atoms with van der Waals surface area (Å²) >= 11 is 0. The molecule has 6 heteroatoms. The first kappa shape index (κ1) is 17.5. The summed E-state index contributed by atoms with van der Waals surface area (Å²) in [6, 6.07) is 5.69. The minimum Gasteiger partial charge on any atom is -0.477 e. The molecule has 2 aromatic heterocycles. The molecule has 0 bridgehead atoms. The van der Waals surface area contributed by atoms with Gasteiger partial charge in [-0.2, -0.15) is 5.10 Å². The van der Waals surface area contributed by atoms with Crippen molar-refractivity contribution in [1.29, 1.82) is 0 Å². The Morgan fingerprint density at radius 3 is 2.84 bits per heavy atom. The number of ether oxygens (including phenoxy) is 1. The first-order valence-corrected chi connectivity index (χ1v) is 9.08. The average Bonchev–Trinajstić information content (AvgIpc) is 3.09. The van der Waals surface area contributed by atoms with Gasteiger partial charge in [-0.1, -0.05) is 33.1 Å². The molecule has 6 nitrogen and oxygen atoms in total. The van der Waals surface area contributed by atoms with Gasteiger partial charge in [-0.15, -0.1) is 0 Å². The Hall–Kier alpha value is -2.37. The van der Waals surface area contributed by atoms with Crippen molar-refractivity contribution in [3.8, 4) is 5.88 Å². The molecule has 0 aromatic carbocycles. The van der Waals surface area contributed by atoms with E-state index in [4.69, 9.17) is 4.74 Å². The Balaban J connectivity index is 1.74. The van der Waals surface area contributed by atoms with Crippen LogP contribution in [0.4, 0.5) is 5.82 Å². The smallest absolute Gasteiger partial charge is 0.262 e. The van der Waals surface area contributed by atoms with Crippen LogP contribution in [-0.2, 0) is 0 Å². The zero-order chi connectivity index (χ0) is 17.6. The minimum absolute atomic E-state index is 0.218. The van der Waals surface area contributed by atoms with Crippen molar-refractivity contribution in [2.45, 2.75) is 52.0 Å². The van der Waals surface area contributed by atoms with E-state index in [1.54, 1.807) is 24.5 Å². The summed E-state index contributed by atoms with van der Waals surface area (Å²) in [7, 11) is 0. The lowest BCUT2D eigenvalue weighted by Gasteiger charge is -2.24. The molecule has 0 saturated heterocycles. The van der Waals surface area contributed by atoms with Crippen LogP contribution in [-0.4, -0.2) is 27.3 Å². The Morgan fingerprint density at radius 2 is 2.08 bits per heavy atom. The van der Waals surface area contributed by atoms with Crippen LogP contribution in [0, 0.1) is 5.92 Å². The van der Waals surface area contributed by atoms with Crippen LogP contribution < -0.4 is 10.1 Å². The molecular formula is C19H26N4O2. The van der Waals surface area contributed by atoms with Gasteiger partial charge in [0.2, 0.25) is 5.88 Å². The van der Waals surface area contributed by atoms with Crippen LogP contribution >= 0.6 is 0 Å². The van der Waals surface area contributed by atoms with E-state index in [0.29, 0.717) is 30.0 Å². The lowest BCUT2D eigenvalue weighted by Crippen LogP contribution is -2.21. The SMILES string of the molecule is CC(C)COc1ncccc1C(=O)Nc1ccnn1C1CCCCC1. The van der Waals surface area contributed by atoms with E-state index < -0.39 is 0 Å². The maximum absolute atomic E-state index is 12.7. The maximum atomic E-state index is 12.7. The molecule has 2 heterocycles. The van der Waals surface area contributed by atoms with Gasteiger partial charge in [-0.3, -0.25) is 4.79 Å². The van der Waals surface area contributed by atoms with Crippen LogP contribution in [0.2, 0.25) is 0 Å². The van der Waals surface area contributed by atoms with Crippen LogP contribution in [0.5, 0.6) is 5.88 Å². The molecule has 1 aliphatic rings. The number of nitrogens with zero attached hydrogens (tertiary/aromatic N) is 3. The molecule has 2 aromatic rings. The van der Waals surface area contributed by atoms with E-state index >= 15 is 0 Å². The lowest BCUT2D eigenvalue weighted by atomic mass is 9.96. The second-order valence-corrected chi connectivity index (χ2v) is 6.97. The zero-order valence-corrected chi connectivity index (χ0v) is 14.9. The highest BCUT2D eigenvalue weighted by Gasteiger charge is 2.21. The van der Waals surface area contributed by atoms with Gasteiger partial charge in [0.15, 0.2) is 0 Å². The highest BCUT2D eigenvalue weighted by Crippen LogP contribution is 2.30.